The molecule has 1 unspecified atom stereocenters. The Hall–Kier alpha value is -2.43. The van der Waals surface area contributed by atoms with Crippen LogP contribution in [-0.4, -0.2) is 34.2 Å². The molecule has 0 spiro atoms. The summed E-state index contributed by atoms with van der Waals surface area (Å²) in [5.41, 5.74) is 2.17. The molecule has 2 aromatic rings. The molecule has 1 amide bonds. The number of aromatic nitrogens is 1. The summed E-state index contributed by atoms with van der Waals surface area (Å²) in [6.45, 7) is 3.03. The van der Waals surface area contributed by atoms with Gasteiger partial charge in [0.15, 0.2) is 5.78 Å². The van der Waals surface area contributed by atoms with Crippen LogP contribution in [0.1, 0.15) is 39.4 Å². The number of carbonyl (C=O) groups is 2. The van der Waals surface area contributed by atoms with Crippen molar-refractivity contribution in [3.8, 4) is 0 Å². The highest BCUT2D eigenvalue weighted by Gasteiger charge is 2.30. The number of rotatable bonds is 3. The van der Waals surface area contributed by atoms with Gasteiger partial charge < -0.3 is 9.47 Å². The first-order chi connectivity index (χ1) is 11.5. The zero-order chi connectivity index (χ0) is 17.3. The molecule has 1 atom stereocenters. The number of Topliss-reactive ketones (excluding diaryl/α,β-unsaturated/α-hetero) is 1. The maximum absolute atomic E-state index is 13.0. The summed E-state index contributed by atoms with van der Waals surface area (Å²) in [5, 5.41) is 0. The van der Waals surface area contributed by atoms with Crippen LogP contribution in [0.3, 0.4) is 0 Å². The quantitative estimate of drug-likeness (QED) is 0.812. The summed E-state index contributed by atoms with van der Waals surface area (Å²) in [6.07, 6.45) is 1.55. The maximum atomic E-state index is 13.0. The highest BCUT2D eigenvalue weighted by atomic mass is 19.1. The molecule has 126 valence electrons. The second-order valence-corrected chi connectivity index (χ2v) is 6.38. The number of nitrogens with zero attached hydrogens (tertiary/aromatic N) is 2. The summed E-state index contributed by atoms with van der Waals surface area (Å²) >= 11 is 0. The summed E-state index contributed by atoms with van der Waals surface area (Å²) in [4.78, 5) is 27.1. The Labute approximate surface area is 140 Å². The van der Waals surface area contributed by atoms with Crippen molar-refractivity contribution in [3.05, 3.63) is 59.2 Å². The van der Waals surface area contributed by atoms with Crippen molar-refractivity contribution >= 4 is 11.7 Å². The average Bonchev–Trinajstić information content (AvgIpc) is 2.93. The smallest absolute Gasteiger partial charge is 0.270 e. The van der Waals surface area contributed by atoms with Crippen LogP contribution in [0, 0.1) is 18.7 Å². The Bertz CT molecular complexity index is 764. The van der Waals surface area contributed by atoms with Crippen molar-refractivity contribution in [2.75, 3.05) is 13.1 Å². The van der Waals surface area contributed by atoms with Crippen molar-refractivity contribution in [1.82, 2.24) is 9.47 Å². The van der Waals surface area contributed by atoms with E-state index in [0.717, 1.165) is 18.5 Å². The molecule has 1 aliphatic rings. The number of amides is 1. The molecule has 0 aliphatic carbocycles. The van der Waals surface area contributed by atoms with E-state index in [-0.39, 0.29) is 23.4 Å². The Balaban J connectivity index is 1.74. The number of carbonyl (C=O) groups excluding carboxylic acids is 2. The molecular weight excluding hydrogens is 307 g/mol. The van der Waals surface area contributed by atoms with Gasteiger partial charge in [0.1, 0.15) is 11.5 Å². The van der Waals surface area contributed by atoms with E-state index in [0.29, 0.717) is 24.3 Å². The van der Waals surface area contributed by atoms with E-state index in [2.05, 4.69) is 0 Å². The molecule has 1 fully saturated rings. The van der Waals surface area contributed by atoms with Crippen LogP contribution in [0.4, 0.5) is 4.39 Å². The standard InChI is InChI=1S/C19H21FN2O2/c1-13-5-10-17(21(13)2)19(24)22-11-3-4-15(12-22)18(23)14-6-8-16(20)9-7-14/h5-10,15H,3-4,11-12H2,1-2H3. The van der Waals surface area contributed by atoms with Crippen LogP contribution in [0.5, 0.6) is 0 Å². The second kappa shape index (κ2) is 6.59. The number of piperidine rings is 1. The van der Waals surface area contributed by atoms with Gasteiger partial charge in [-0.05, 0) is 56.2 Å². The third-order valence-corrected chi connectivity index (χ3v) is 4.80. The van der Waals surface area contributed by atoms with Gasteiger partial charge in [0.25, 0.3) is 5.91 Å². The van der Waals surface area contributed by atoms with Crippen molar-refractivity contribution in [1.29, 1.82) is 0 Å². The summed E-state index contributed by atoms with van der Waals surface area (Å²) < 4.78 is 14.9. The third-order valence-electron chi connectivity index (χ3n) is 4.80. The molecule has 1 saturated heterocycles. The van der Waals surface area contributed by atoms with Crippen molar-refractivity contribution in [2.24, 2.45) is 13.0 Å². The molecule has 2 heterocycles. The molecule has 4 nitrogen and oxygen atoms in total. The molecule has 24 heavy (non-hydrogen) atoms. The molecule has 1 aromatic heterocycles. The van der Waals surface area contributed by atoms with Crippen molar-refractivity contribution in [2.45, 2.75) is 19.8 Å². The molecular formula is C19H21FN2O2. The molecule has 1 aromatic carbocycles. The van der Waals surface area contributed by atoms with Gasteiger partial charge in [0.2, 0.25) is 0 Å². The Morgan fingerprint density at radius 3 is 2.46 bits per heavy atom. The van der Waals surface area contributed by atoms with Gasteiger partial charge in [-0.2, -0.15) is 0 Å². The normalized spacial score (nSPS) is 17.8. The fraction of sp³-hybridized carbons (Fsp3) is 0.368. The first kappa shape index (κ1) is 16.4. The Kier molecular flexibility index (Phi) is 4.51. The van der Waals surface area contributed by atoms with Gasteiger partial charge in [-0.15, -0.1) is 0 Å². The predicted octanol–water partition coefficient (Wildman–Crippen LogP) is 3.21. The first-order valence-electron chi connectivity index (χ1n) is 8.18. The molecule has 0 radical (unpaired) electrons. The van der Waals surface area contributed by atoms with E-state index in [1.165, 1.54) is 24.3 Å². The van der Waals surface area contributed by atoms with Crippen LogP contribution < -0.4 is 0 Å². The van der Waals surface area contributed by atoms with Gasteiger partial charge >= 0.3 is 0 Å². The molecule has 0 bridgehead atoms. The number of hydrogen-bond donors (Lipinski definition) is 0. The number of ketones is 1. The van der Waals surface area contributed by atoms with Crippen LogP contribution in [0.2, 0.25) is 0 Å². The van der Waals surface area contributed by atoms with Gasteiger partial charge in [0, 0.05) is 37.3 Å². The second-order valence-electron chi connectivity index (χ2n) is 6.38. The number of likely N-dealkylation sites (tertiary alicyclic amines) is 1. The van der Waals surface area contributed by atoms with E-state index in [9.17, 15) is 14.0 Å². The van der Waals surface area contributed by atoms with Gasteiger partial charge in [-0.25, -0.2) is 4.39 Å². The lowest BCUT2D eigenvalue weighted by atomic mass is 9.90. The molecule has 3 rings (SSSR count). The minimum absolute atomic E-state index is 0.0180. The number of benzene rings is 1. The lowest BCUT2D eigenvalue weighted by Crippen LogP contribution is -2.43. The monoisotopic (exact) mass is 328 g/mol. The molecule has 0 saturated carbocycles. The third kappa shape index (κ3) is 3.11. The fourth-order valence-corrected chi connectivity index (χ4v) is 3.22. The van der Waals surface area contributed by atoms with E-state index in [1.54, 1.807) is 4.90 Å². The predicted molar refractivity (Wildman–Crippen MR) is 89.5 cm³/mol. The highest BCUT2D eigenvalue weighted by molar-refractivity contribution is 5.99. The van der Waals surface area contributed by atoms with Crippen LogP contribution in [0.15, 0.2) is 36.4 Å². The Morgan fingerprint density at radius 1 is 1.12 bits per heavy atom. The first-order valence-corrected chi connectivity index (χ1v) is 8.18. The van der Waals surface area contributed by atoms with E-state index < -0.39 is 0 Å². The van der Waals surface area contributed by atoms with E-state index in [4.69, 9.17) is 0 Å². The van der Waals surface area contributed by atoms with Gasteiger partial charge in [0.05, 0.1) is 0 Å². The number of aryl methyl sites for hydroxylation is 1. The number of hydrogen-bond acceptors (Lipinski definition) is 2. The lowest BCUT2D eigenvalue weighted by molar-refractivity contribution is 0.0629. The molecule has 5 heteroatoms. The maximum Gasteiger partial charge on any atom is 0.270 e. The Morgan fingerprint density at radius 2 is 1.83 bits per heavy atom. The van der Waals surface area contributed by atoms with Gasteiger partial charge in [-0.1, -0.05) is 0 Å². The number of halogens is 1. The summed E-state index contributed by atoms with van der Waals surface area (Å²) in [6, 6.07) is 9.36. The summed E-state index contributed by atoms with van der Waals surface area (Å²) in [7, 11) is 1.87. The average molecular weight is 328 g/mol. The van der Waals surface area contributed by atoms with Crippen LogP contribution in [-0.2, 0) is 7.05 Å². The topological polar surface area (TPSA) is 42.3 Å². The van der Waals surface area contributed by atoms with Crippen LogP contribution >= 0.6 is 0 Å². The zero-order valence-corrected chi connectivity index (χ0v) is 14.0. The largest absolute Gasteiger partial charge is 0.344 e. The zero-order valence-electron chi connectivity index (χ0n) is 14.0. The fourth-order valence-electron chi connectivity index (χ4n) is 3.22. The highest BCUT2D eigenvalue weighted by Crippen LogP contribution is 2.23. The molecule has 0 N–H and O–H groups in total. The van der Waals surface area contributed by atoms with Crippen molar-refractivity contribution < 1.29 is 14.0 Å². The van der Waals surface area contributed by atoms with E-state index in [1.807, 2.05) is 30.7 Å². The molecule has 1 aliphatic heterocycles. The van der Waals surface area contributed by atoms with E-state index >= 15 is 0 Å². The van der Waals surface area contributed by atoms with Crippen LogP contribution in [0.25, 0.3) is 0 Å². The minimum atomic E-state index is -0.355. The SMILES string of the molecule is Cc1ccc(C(=O)N2CCCC(C(=O)c3ccc(F)cc3)C2)n1C. The summed E-state index contributed by atoms with van der Waals surface area (Å²) in [5.74, 6) is -0.640. The minimum Gasteiger partial charge on any atom is -0.344 e. The van der Waals surface area contributed by atoms with Crippen molar-refractivity contribution in [3.63, 3.8) is 0 Å². The van der Waals surface area contributed by atoms with Gasteiger partial charge in [-0.3, -0.25) is 9.59 Å². The lowest BCUT2D eigenvalue weighted by Gasteiger charge is -2.32.